The molecule has 0 aliphatic heterocycles. The molecule has 0 amide bonds. The van der Waals surface area contributed by atoms with Gasteiger partial charge in [-0.3, -0.25) is 0 Å². The minimum absolute atomic E-state index is 0.0628. The first-order valence-electron chi connectivity index (χ1n) is 5.60. The number of hydrogen-bond donors (Lipinski definition) is 1. The molecule has 0 fully saturated rings. The minimum Gasteiger partial charge on any atom is -0.465 e. The Morgan fingerprint density at radius 3 is 2.90 bits per heavy atom. The molecule has 0 unspecified atom stereocenters. The smallest absolute Gasteiger partial charge is 0.339 e. The van der Waals surface area contributed by atoms with Crippen LogP contribution in [0.5, 0.6) is 0 Å². The van der Waals surface area contributed by atoms with Gasteiger partial charge in [0.05, 0.1) is 19.2 Å². The van der Waals surface area contributed by atoms with Crippen molar-refractivity contribution in [2.75, 3.05) is 12.4 Å². The molecule has 1 aromatic carbocycles. The predicted molar refractivity (Wildman–Crippen MR) is 82.1 cm³/mol. The topological polar surface area (TPSA) is 68.5 Å². The lowest BCUT2D eigenvalue weighted by atomic mass is 10.2. The number of esters is 1. The Morgan fingerprint density at radius 2 is 2.29 bits per heavy atom. The van der Waals surface area contributed by atoms with Gasteiger partial charge in [0.1, 0.15) is 5.15 Å². The Labute approximate surface area is 134 Å². The molecular weight excluding hydrogens is 360 g/mol. The molecule has 0 spiro atoms. The van der Waals surface area contributed by atoms with E-state index in [1.54, 1.807) is 18.2 Å². The Morgan fingerprint density at radius 1 is 1.52 bits per heavy atom. The van der Waals surface area contributed by atoms with Crippen LogP contribution in [0.4, 0.5) is 17.3 Å². The van der Waals surface area contributed by atoms with Gasteiger partial charge < -0.3 is 10.1 Å². The van der Waals surface area contributed by atoms with Crippen LogP contribution in [0.25, 0.3) is 4.85 Å². The third-order valence-corrected chi connectivity index (χ3v) is 3.44. The summed E-state index contributed by atoms with van der Waals surface area (Å²) in [4.78, 5) is 22.7. The van der Waals surface area contributed by atoms with E-state index in [9.17, 15) is 4.79 Å². The number of nitrogens with zero attached hydrogens (tertiary/aromatic N) is 3. The number of anilines is 2. The molecule has 1 N–H and O–H groups in total. The highest BCUT2D eigenvalue weighted by molar-refractivity contribution is 9.10. The van der Waals surface area contributed by atoms with Gasteiger partial charge in [0.25, 0.3) is 0 Å². The van der Waals surface area contributed by atoms with E-state index in [-0.39, 0.29) is 16.8 Å². The quantitative estimate of drug-likeness (QED) is 0.505. The van der Waals surface area contributed by atoms with E-state index in [4.69, 9.17) is 18.2 Å². The van der Waals surface area contributed by atoms with Crippen LogP contribution in [-0.4, -0.2) is 23.0 Å². The van der Waals surface area contributed by atoms with E-state index in [0.29, 0.717) is 15.7 Å². The predicted octanol–water partition coefficient (Wildman–Crippen LogP) is 3.97. The summed E-state index contributed by atoms with van der Waals surface area (Å²) in [5.74, 6) is -0.238. The molecule has 0 saturated heterocycles. The van der Waals surface area contributed by atoms with Crippen LogP contribution in [0.2, 0.25) is 5.15 Å². The Kier molecular flexibility index (Phi) is 4.73. The maximum Gasteiger partial charge on any atom is 0.339 e. The van der Waals surface area contributed by atoms with Crippen LogP contribution in [0.3, 0.4) is 0 Å². The fourth-order valence-corrected chi connectivity index (χ4v) is 2.07. The summed E-state index contributed by atoms with van der Waals surface area (Å²) in [5, 5.41) is 2.97. The second kappa shape index (κ2) is 6.52. The third-order valence-electron chi connectivity index (χ3n) is 2.47. The van der Waals surface area contributed by atoms with E-state index < -0.39 is 5.97 Å². The number of hydrogen-bond acceptors (Lipinski definition) is 5. The lowest BCUT2D eigenvalue weighted by molar-refractivity contribution is 0.0599. The average Bonchev–Trinajstić information content (AvgIpc) is 2.48. The summed E-state index contributed by atoms with van der Waals surface area (Å²) >= 11 is 9.11. The highest BCUT2D eigenvalue weighted by Gasteiger charge is 2.12. The molecule has 2 rings (SSSR count). The zero-order valence-electron chi connectivity index (χ0n) is 10.7. The standard InChI is InChI=1S/C13H8BrClN4O2/c1-16-10-6-17-13(19-11(10)15)18-7-3-4-9(14)8(5-7)12(20)21-2/h3-6H,2H3,(H,17,18,19). The molecule has 21 heavy (non-hydrogen) atoms. The molecule has 0 radical (unpaired) electrons. The number of carbonyl (C=O) groups is 1. The maximum atomic E-state index is 11.6. The summed E-state index contributed by atoms with van der Waals surface area (Å²) in [6.07, 6.45) is 1.32. The van der Waals surface area contributed by atoms with E-state index in [2.05, 4.69) is 40.8 Å². The third kappa shape index (κ3) is 3.48. The number of halogens is 2. The molecular formula is C13H8BrClN4O2. The number of methoxy groups -OCH3 is 1. The van der Waals surface area contributed by atoms with Crippen LogP contribution in [0.1, 0.15) is 10.4 Å². The Balaban J connectivity index is 2.30. The number of benzene rings is 1. The number of carbonyl (C=O) groups excluding carboxylic acids is 1. The number of nitrogens with one attached hydrogen (secondary N) is 1. The first kappa shape index (κ1) is 15.2. The summed E-state index contributed by atoms with van der Waals surface area (Å²) in [6, 6.07) is 5.02. The van der Waals surface area contributed by atoms with E-state index in [0.717, 1.165) is 0 Å². The molecule has 0 bridgehead atoms. The van der Waals surface area contributed by atoms with Crippen LogP contribution in [0, 0.1) is 6.57 Å². The number of ether oxygens (including phenoxy) is 1. The van der Waals surface area contributed by atoms with Crippen molar-refractivity contribution in [2.24, 2.45) is 0 Å². The minimum atomic E-state index is -0.465. The van der Waals surface area contributed by atoms with Gasteiger partial charge in [-0.25, -0.2) is 19.6 Å². The molecule has 106 valence electrons. The first-order chi connectivity index (χ1) is 10.0. The van der Waals surface area contributed by atoms with Crippen LogP contribution >= 0.6 is 27.5 Å². The van der Waals surface area contributed by atoms with Gasteiger partial charge in [0.15, 0.2) is 0 Å². The molecule has 0 atom stereocenters. The van der Waals surface area contributed by atoms with Gasteiger partial charge in [0.2, 0.25) is 11.6 Å². The van der Waals surface area contributed by atoms with Gasteiger partial charge in [-0.1, -0.05) is 11.6 Å². The van der Waals surface area contributed by atoms with Crippen molar-refractivity contribution >= 4 is 50.8 Å². The van der Waals surface area contributed by atoms with Gasteiger partial charge in [-0.15, -0.1) is 0 Å². The normalized spacial score (nSPS) is 9.81. The number of aromatic nitrogens is 2. The number of rotatable bonds is 3. The highest BCUT2D eigenvalue weighted by Crippen LogP contribution is 2.26. The average molecular weight is 368 g/mol. The fraction of sp³-hybridized carbons (Fsp3) is 0.0769. The largest absolute Gasteiger partial charge is 0.465 e. The van der Waals surface area contributed by atoms with Crippen molar-refractivity contribution in [1.82, 2.24) is 9.97 Å². The molecule has 0 aliphatic carbocycles. The summed E-state index contributed by atoms with van der Waals surface area (Å²) in [7, 11) is 1.31. The van der Waals surface area contributed by atoms with Crippen molar-refractivity contribution < 1.29 is 9.53 Å². The van der Waals surface area contributed by atoms with E-state index in [1.807, 2.05) is 0 Å². The lowest BCUT2D eigenvalue weighted by Gasteiger charge is -2.08. The van der Waals surface area contributed by atoms with Gasteiger partial charge in [-0.05, 0) is 34.1 Å². The molecule has 0 saturated carbocycles. The fourth-order valence-electron chi connectivity index (χ4n) is 1.49. The van der Waals surface area contributed by atoms with E-state index >= 15 is 0 Å². The van der Waals surface area contributed by atoms with Gasteiger partial charge >= 0.3 is 5.97 Å². The zero-order chi connectivity index (χ0) is 15.4. The summed E-state index contributed by atoms with van der Waals surface area (Å²) in [6.45, 7) is 6.88. The van der Waals surface area contributed by atoms with Crippen LogP contribution in [-0.2, 0) is 4.74 Å². The second-order valence-electron chi connectivity index (χ2n) is 3.79. The first-order valence-corrected chi connectivity index (χ1v) is 6.77. The van der Waals surface area contributed by atoms with Crippen molar-refractivity contribution in [3.05, 3.63) is 51.0 Å². The molecule has 2 aromatic rings. The maximum absolute atomic E-state index is 11.6. The van der Waals surface area contributed by atoms with Gasteiger partial charge in [-0.2, -0.15) is 0 Å². The molecule has 1 aromatic heterocycles. The van der Waals surface area contributed by atoms with Crippen LogP contribution in [0.15, 0.2) is 28.9 Å². The monoisotopic (exact) mass is 366 g/mol. The molecule has 0 aliphatic rings. The van der Waals surface area contributed by atoms with Crippen molar-refractivity contribution in [1.29, 1.82) is 0 Å². The van der Waals surface area contributed by atoms with Gasteiger partial charge in [0, 0.05) is 16.4 Å². The second-order valence-corrected chi connectivity index (χ2v) is 5.01. The SMILES string of the molecule is [C-]#[N+]c1cnc(Nc2ccc(Br)c(C(=O)OC)c2)nc1Cl. The Hall–Kier alpha value is -2.17. The van der Waals surface area contributed by atoms with Crippen LogP contribution < -0.4 is 5.32 Å². The Bertz CT molecular complexity index is 745. The van der Waals surface area contributed by atoms with Crippen molar-refractivity contribution in [3.63, 3.8) is 0 Å². The van der Waals surface area contributed by atoms with Crippen molar-refractivity contribution in [2.45, 2.75) is 0 Å². The van der Waals surface area contributed by atoms with Crippen molar-refractivity contribution in [3.8, 4) is 0 Å². The lowest BCUT2D eigenvalue weighted by Crippen LogP contribution is -2.04. The highest BCUT2D eigenvalue weighted by atomic mass is 79.9. The molecule has 6 nitrogen and oxygen atoms in total. The summed E-state index contributed by atoms with van der Waals surface area (Å²) in [5.41, 5.74) is 1.13. The molecule has 8 heteroatoms. The summed E-state index contributed by atoms with van der Waals surface area (Å²) < 4.78 is 5.30. The van der Waals surface area contributed by atoms with E-state index in [1.165, 1.54) is 13.3 Å². The zero-order valence-corrected chi connectivity index (χ0v) is 13.1. The molecule has 1 heterocycles.